The number of carbonyl (C=O) groups is 1. The lowest BCUT2D eigenvalue weighted by Crippen LogP contribution is -2.45. The van der Waals surface area contributed by atoms with Crippen molar-refractivity contribution >= 4 is 5.97 Å². The number of hydrogen-bond donors (Lipinski definition) is 0. The van der Waals surface area contributed by atoms with E-state index in [1.807, 2.05) is 0 Å². The second-order valence-electron chi connectivity index (χ2n) is 6.73. The summed E-state index contributed by atoms with van der Waals surface area (Å²) >= 11 is 0. The van der Waals surface area contributed by atoms with Crippen LogP contribution >= 0.6 is 0 Å². The zero-order valence-electron chi connectivity index (χ0n) is 14.9. The average Bonchev–Trinajstić information content (AvgIpc) is 2.69. The van der Waals surface area contributed by atoms with Gasteiger partial charge < -0.3 is 4.74 Å². The minimum Gasteiger partial charge on any atom is -0.468 e. The summed E-state index contributed by atoms with van der Waals surface area (Å²) in [6, 6.07) is 21.2. The molecule has 0 aliphatic carbocycles. The summed E-state index contributed by atoms with van der Waals surface area (Å²) < 4.78 is 5.02. The number of benzene rings is 2. The van der Waals surface area contributed by atoms with Gasteiger partial charge in [0.25, 0.3) is 0 Å². The summed E-state index contributed by atoms with van der Waals surface area (Å²) in [7, 11) is 1.49. The highest BCUT2D eigenvalue weighted by Gasteiger charge is 2.29. The molecule has 0 amide bonds. The van der Waals surface area contributed by atoms with Gasteiger partial charge in [-0.1, -0.05) is 67.1 Å². The number of carbonyl (C=O) groups excluding carboxylic acids is 1. The van der Waals surface area contributed by atoms with E-state index >= 15 is 0 Å². The van der Waals surface area contributed by atoms with Gasteiger partial charge in [-0.2, -0.15) is 0 Å². The predicted octanol–water partition coefficient (Wildman–Crippen LogP) is 4.24. The maximum Gasteiger partial charge on any atom is 0.323 e. The summed E-state index contributed by atoms with van der Waals surface area (Å²) in [5, 5.41) is 0. The molecule has 0 N–H and O–H groups in total. The molecule has 0 spiro atoms. The van der Waals surface area contributed by atoms with Crippen LogP contribution in [0.2, 0.25) is 0 Å². The van der Waals surface area contributed by atoms with Crippen LogP contribution in [-0.2, 0) is 9.53 Å². The van der Waals surface area contributed by atoms with E-state index in [1.165, 1.54) is 18.2 Å². The minimum atomic E-state index is -0.0873. The Hall–Kier alpha value is -2.13. The predicted molar refractivity (Wildman–Crippen MR) is 101 cm³/mol. The molecule has 1 aliphatic heterocycles. The van der Waals surface area contributed by atoms with Crippen LogP contribution < -0.4 is 0 Å². The first kappa shape index (κ1) is 17.7. The number of methoxy groups -OCH3 is 1. The van der Waals surface area contributed by atoms with Crippen LogP contribution in [0.25, 0.3) is 0 Å². The molecule has 1 heterocycles. The van der Waals surface area contributed by atoms with E-state index in [4.69, 9.17) is 4.74 Å². The number of hydrogen-bond acceptors (Lipinski definition) is 3. The SMILES string of the molecule is COC(=O)C1CCCCN1CCC(c1ccccc1)c1ccccc1. The van der Waals surface area contributed by atoms with E-state index < -0.39 is 0 Å². The van der Waals surface area contributed by atoms with Crippen molar-refractivity contribution in [2.45, 2.75) is 37.6 Å². The number of ether oxygens (including phenoxy) is 1. The van der Waals surface area contributed by atoms with Crippen molar-refractivity contribution in [3.8, 4) is 0 Å². The van der Waals surface area contributed by atoms with Crippen molar-refractivity contribution in [3.05, 3.63) is 71.8 Å². The second-order valence-corrected chi connectivity index (χ2v) is 6.73. The van der Waals surface area contributed by atoms with E-state index in [9.17, 15) is 4.79 Å². The molecule has 1 saturated heterocycles. The average molecular weight is 337 g/mol. The van der Waals surface area contributed by atoms with E-state index in [1.54, 1.807) is 0 Å². The zero-order valence-corrected chi connectivity index (χ0v) is 14.9. The van der Waals surface area contributed by atoms with E-state index in [-0.39, 0.29) is 12.0 Å². The standard InChI is InChI=1S/C22H27NO2/c1-25-22(24)21-14-8-9-16-23(21)17-15-20(18-10-4-2-5-11-18)19-12-6-3-7-13-19/h2-7,10-13,20-21H,8-9,14-17H2,1H3. The van der Waals surface area contributed by atoms with Gasteiger partial charge >= 0.3 is 5.97 Å². The largest absolute Gasteiger partial charge is 0.468 e. The van der Waals surface area contributed by atoms with Crippen molar-refractivity contribution in [3.63, 3.8) is 0 Å². The molecule has 1 atom stereocenters. The van der Waals surface area contributed by atoms with Gasteiger partial charge in [-0.05, 0) is 43.5 Å². The highest BCUT2D eigenvalue weighted by atomic mass is 16.5. The van der Waals surface area contributed by atoms with Crippen LogP contribution in [0.1, 0.15) is 42.7 Å². The molecule has 3 heteroatoms. The summed E-state index contributed by atoms with van der Waals surface area (Å²) in [6.45, 7) is 1.89. The van der Waals surface area contributed by atoms with E-state index in [0.717, 1.165) is 38.8 Å². The van der Waals surface area contributed by atoms with Crippen molar-refractivity contribution in [2.24, 2.45) is 0 Å². The third-order valence-corrected chi connectivity index (χ3v) is 5.20. The van der Waals surface area contributed by atoms with Gasteiger partial charge in [-0.15, -0.1) is 0 Å². The van der Waals surface area contributed by atoms with Crippen molar-refractivity contribution in [1.29, 1.82) is 0 Å². The van der Waals surface area contributed by atoms with Gasteiger partial charge in [0.05, 0.1) is 7.11 Å². The zero-order chi connectivity index (χ0) is 17.5. The second kappa shape index (κ2) is 8.82. The molecule has 1 fully saturated rings. The van der Waals surface area contributed by atoms with Crippen molar-refractivity contribution in [1.82, 2.24) is 4.90 Å². The Morgan fingerprint density at radius 1 is 1.04 bits per heavy atom. The monoisotopic (exact) mass is 337 g/mol. The Balaban J connectivity index is 1.75. The highest BCUT2D eigenvalue weighted by molar-refractivity contribution is 5.75. The fourth-order valence-electron chi connectivity index (χ4n) is 3.85. The number of likely N-dealkylation sites (tertiary alicyclic amines) is 1. The first-order valence-electron chi connectivity index (χ1n) is 9.21. The molecule has 132 valence electrons. The molecule has 2 aromatic carbocycles. The van der Waals surface area contributed by atoms with Gasteiger partial charge in [0.1, 0.15) is 6.04 Å². The summed E-state index contributed by atoms with van der Waals surface area (Å²) in [6.07, 6.45) is 4.18. The third-order valence-electron chi connectivity index (χ3n) is 5.20. The highest BCUT2D eigenvalue weighted by Crippen LogP contribution is 2.29. The van der Waals surface area contributed by atoms with Crippen molar-refractivity contribution < 1.29 is 9.53 Å². The summed E-state index contributed by atoms with van der Waals surface area (Å²) in [5.41, 5.74) is 2.67. The molecule has 1 aliphatic rings. The molecule has 1 unspecified atom stereocenters. The lowest BCUT2D eigenvalue weighted by atomic mass is 9.88. The minimum absolute atomic E-state index is 0.0778. The summed E-state index contributed by atoms with van der Waals surface area (Å²) in [5.74, 6) is 0.262. The smallest absolute Gasteiger partial charge is 0.323 e. The molecule has 0 bridgehead atoms. The van der Waals surface area contributed by atoms with Crippen molar-refractivity contribution in [2.75, 3.05) is 20.2 Å². The maximum absolute atomic E-state index is 12.1. The number of nitrogens with zero attached hydrogens (tertiary/aromatic N) is 1. The van der Waals surface area contributed by atoms with Crippen LogP contribution in [0.15, 0.2) is 60.7 Å². The first-order valence-corrected chi connectivity index (χ1v) is 9.21. The van der Waals surface area contributed by atoms with Crippen LogP contribution in [0, 0.1) is 0 Å². The number of piperidine rings is 1. The first-order chi connectivity index (χ1) is 12.3. The number of esters is 1. The van der Waals surface area contributed by atoms with Gasteiger partial charge in [-0.25, -0.2) is 0 Å². The molecule has 3 rings (SSSR count). The van der Waals surface area contributed by atoms with Crippen LogP contribution in [-0.4, -0.2) is 37.1 Å². The molecule has 25 heavy (non-hydrogen) atoms. The normalized spacial score (nSPS) is 18.2. The molecular weight excluding hydrogens is 310 g/mol. The fraction of sp³-hybridized carbons (Fsp3) is 0.409. The molecule has 2 aromatic rings. The third kappa shape index (κ3) is 4.49. The van der Waals surface area contributed by atoms with Gasteiger partial charge in [0, 0.05) is 5.92 Å². The summed E-state index contributed by atoms with van der Waals surface area (Å²) in [4.78, 5) is 14.4. The quantitative estimate of drug-likeness (QED) is 0.739. The van der Waals surface area contributed by atoms with Gasteiger partial charge in [0.15, 0.2) is 0 Å². The molecule has 3 nitrogen and oxygen atoms in total. The molecular formula is C22H27NO2. The number of rotatable bonds is 6. The van der Waals surface area contributed by atoms with Gasteiger partial charge in [-0.3, -0.25) is 9.69 Å². The topological polar surface area (TPSA) is 29.5 Å². The van der Waals surface area contributed by atoms with Gasteiger partial charge in [0.2, 0.25) is 0 Å². The van der Waals surface area contributed by atoms with Crippen LogP contribution in [0.5, 0.6) is 0 Å². The molecule has 0 saturated carbocycles. The Morgan fingerprint density at radius 3 is 2.20 bits per heavy atom. The molecule has 0 radical (unpaired) electrons. The fourth-order valence-corrected chi connectivity index (χ4v) is 3.85. The Kier molecular flexibility index (Phi) is 6.24. The molecule has 0 aromatic heterocycles. The van der Waals surface area contributed by atoms with E-state index in [2.05, 4.69) is 65.6 Å². The Labute approximate surface area is 150 Å². The van der Waals surface area contributed by atoms with Crippen LogP contribution in [0.4, 0.5) is 0 Å². The van der Waals surface area contributed by atoms with Crippen LogP contribution in [0.3, 0.4) is 0 Å². The maximum atomic E-state index is 12.1. The van der Waals surface area contributed by atoms with E-state index in [0.29, 0.717) is 5.92 Å². The lowest BCUT2D eigenvalue weighted by Gasteiger charge is -2.34. The Bertz CT molecular complexity index is 617. The Morgan fingerprint density at radius 2 is 1.64 bits per heavy atom. The lowest BCUT2D eigenvalue weighted by molar-refractivity contribution is -0.148.